The lowest BCUT2D eigenvalue weighted by Gasteiger charge is -2.12. The summed E-state index contributed by atoms with van der Waals surface area (Å²) in [5.74, 6) is 0.448. The van der Waals surface area contributed by atoms with E-state index in [0.29, 0.717) is 20.9 Å². The molecule has 0 saturated heterocycles. The van der Waals surface area contributed by atoms with E-state index in [-0.39, 0.29) is 0 Å². The van der Waals surface area contributed by atoms with E-state index in [1.165, 1.54) is 0 Å². The number of hydrogen-bond acceptors (Lipinski definition) is 3. The van der Waals surface area contributed by atoms with Gasteiger partial charge in [-0.1, -0.05) is 11.6 Å². The van der Waals surface area contributed by atoms with Crippen LogP contribution in [-0.2, 0) is 0 Å². The molecule has 0 fully saturated rings. The molecule has 1 aromatic carbocycles. The van der Waals surface area contributed by atoms with Crippen LogP contribution in [0.5, 0.6) is 5.75 Å². The minimum atomic E-state index is -0.547. The van der Waals surface area contributed by atoms with Crippen molar-refractivity contribution in [2.75, 3.05) is 5.73 Å². The van der Waals surface area contributed by atoms with Crippen LogP contribution in [0.2, 0.25) is 5.02 Å². The molecule has 0 aliphatic heterocycles. The fourth-order valence-corrected chi connectivity index (χ4v) is 1.84. The molecule has 0 radical (unpaired) electrons. The molecule has 0 bridgehead atoms. The van der Waals surface area contributed by atoms with E-state index in [9.17, 15) is 0 Å². The summed E-state index contributed by atoms with van der Waals surface area (Å²) >= 11 is 9.02. The first kappa shape index (κ1) is 11.2. The van der Waals surface area contributed by atoms with Gasteiger partial charge < -0.3 is 10.5 Å². The molecule has 0 aliphatic carbocycles. The van der Waals surface area contributed by atoms with Gasteiger partial charge in [0.05, 0.1) is 10.2 Å². The number of hydrogen-bond donors (Lipinski definition) is 1. The molecule has 14 heavy (non-hydrogen) atoms. The number of nitrogens with zero attached hydrogens (tertiary/aromatic N) is 1. The van der Waals surface area contributed by atoms with E-state index in [0.717, 1.165) is 0 Å². The number of halogens is 2. The summed E-state index contributed by atoms with van der Waals surface area (Å²) in [6.07, 6.45) is -0.547. The highest BCUT2D eigenvalue weighted by atomic mass is 79.9. The number of benzene rings is 1. The normalized spacial score (nSPS) is 11.9. The summed E-state index contributed by atoms with van der Waals surface area (Å²) in [4.78, 5) is 0. The second-order valence-corrected chi connectivity index (χ2v) is 3.99. The summed E-state index contributed by atoms with van der Waals surface area (Å²) in [6.45, 7) is 1.64. The maximum absolute atomic E-state index is 8.58. The van der Waals surface area contributed by atoms with Crippen LogP contribution in [0.25, 0.3) is 0 Å². The Morgan fingerprint density at radius 3 is 2.79 bits per heavy atom. The van der Waals surface area contributed by atoms with Gasteiger partial charge in [0, 0.05) is 5.02 Å². The zero-order chi connectivity index (χ0) is 10.7. The Labute approximate surface area is 95.5 Å². The minimum absolute atomic E-state index is 0.409. The van der Waals surface area contributed by atoms with E-state index >= 15 is 0 Å². The number of rotatable bonds is 2. The molecule has 1 aromatic rings. The van der Waals surface area contributed by atoms with Gasteiger partial charge in [0.25, 0.3) is 0 Å². The van der Waals surface area contributed by atoms with Gasteiger partial charge in [0.1, 0.15) is 6.07 Å². The van der Waals surface area contributed by atoms with Crippen LogP contribution in [0.1, 0.15) is 6.92 Å². The van der Waals surface area contributed by atoms with E-state index in [4.69, 9.17) is 27.3 Å². The summed E-state index contributed by atoms with van der Waals surface area (Å²) in [5.41, 5.74) is 6.09. The Hall–Kier alpha value is -0.920. The van der Waals surface area contributed by atoms with Crippen LogP contribution in [0.15, 0.2) is 16.6 Å². The smallest absolute Gasteiger partial charge is 0.181 e. The Kier molecular flexibility index (Phi) is 3.62. The van der Waals surface area contributed by atoms with Gasteiger partial charge in [-0.05, 0) is 35.0 Å². The second kappa shape index (κ2) is 4.54. The Bertz CT molecular complexity index is 366. The quantitative estimate of drug-likeness (QED) is 0.844. The Balaban J connectivity index is 3.04. The monoisotopic (exact) mass is 274 g/mol. The van der Waals surface area contributed by atoms with Crippen LogP contribution in [0.4, 0.5) is 5.69 Å². The fraction of sp³-hybridized carbons (Fsp3) is 0.222. The number of anilines is 1. The van der Waals surface area contributed by atoms with Crippen LogP contribution in [0, 0.1) is 11.3 Å². The average Bonchev–Trinajstić information content (AvgIpc) is 2.10. The van der Waals surface area contributed by atoms with Gasteiger partial charge >= 0.3 is 0 Å². The zero-order valence-electron chi connectivity index (χ0n) is 7.42. The molecule has 3 nitrogen and oxygen atoms in total. The molecule has 0 spiro atoms. The summed E-state index contributed by atoms with van der Waals surface area (Å²) in [7, 11) is 0. The zero-order valence-corrected chi connectivity index (χ0v) is 9.76. The molecule has 1 unspecified atom stereocenters. The third-order valence-corrected chi connectivity index (χ3v) is 2.32. The van der Waals surface area contributed by atoms with Crippen molar-refractivity contribution >= 4 is 33.2 Å². The molecule has 0 aromatic heterocycles. The maximum atomic E-state index is 8.58. The van der Waals surface area contributed by atoms with Gasteiger partial charge in [0.15, 0.2) is 11.9 Å². The van der Waals surface area contributed by atoms with Crippen molar-refractivity contribution in [1.29, 1.82) is 5.26 Å². The van der Waals surface area contributed by atoms with Crippen LogP contribution in [0.3, 0.4) is 0 Å². The Morgan fingerprint density at radius 2 is 2.29 bits per heavy atom. The second-order valence-electron chi connectivity index (χ2n) is 2.70. The first-order chi connectivity index (χ1) is 6.54. The topological polar surface area (TPSA) is 59.0 Å². The highest BCUT2D eigenvalue weighted by molar-refractivity contribution is 9.10. The SMILES string of the molecule is CC(C#N)Oc1c(N)cc(Cl)cc1Br. The van der Waals surface area contributed by atoms with Crippen LogP contribution < -0.4 is 10.5 Å². The molecule has 0 aliphatic rings. The molecular weight excluding hydrogens is 267 g/mol. The lowest BCUT2D eigenvalue weighted by Crippen LogP contribution is -2.10. The number of nitrogens with two attached hydrogens (primary N) is 1. The highest BCUT2D eigenvalue weighted by Gasteiger charge is 2.10. The molecular formula is C9H8BrClN2O. The number of nitrogen functional groups attached to an aromatic ring is 1. The highest BCUT2D eigenvalue weighted by Crippen LogP contribution is 2.35. The predicted octanol–water partition coefficient (Wildman–Crippen LogP) is 2.98. The van der Waals surface area contributed by atoms with Gasteiger partial charge in [-0.25, -0.2) is 0 Å². The van der Waals surface area contributed by atoms with Crippen molar-refractivity contribution in [1.82, 2.24) is 0 Å². The predicted molar refractivity (Wildman–Crippen MR) is 59.3 cm³/mol. The molecule has 0 heterocycles. The summed E-state index contributed by atoms with van der Waals surface area (Å²) in [5, 5.41) is 9.10. The Morgan fingerprint density at radius 1 is 1.64 bits per heavy atom. The van der Waals surface area contributed by atoms with Crippen LogP contribution in [-0.4, -0.2) is 6.10 Å². The van der Waals surface area contributed by atoms with Gasteiger partial charge in [-0.2, -0.15) is 5.26 Å². The largest absolute Gasteiger partial charge is 0.473 e. The molecule has 0 saturated carbocycles. The van der Waals surface area contributed by atoms with E-state index < -0.39 is 6.10 Å². The van der Waals surface area contributed by atoms with Crippen LogP contribution >= 0.6 is 27.5 Å². The lowest BCUT2D eigenvalue weighted by atomic mass is 10.3. The van der Waals surface area contributed by atoms with Crippen molar-refractivity contribution < 1.29 is 4.74 Å². The number of nitriles is 1. The van der Waals surface area contributed by atoms with Gasteiger partial charge in [0.2, 0.25) is 0 Å². The van der Waals surface area contributed by atoms with E-state index in [1.807, 2.05) is 6.07 Å². The molecule has 2 N–H and O–H groups in total. The minimum Gasteiger partial charge on any atom is -0.473 e. The van der Waals surface area contributed by atoms with Crippen molar-refractivity contribution in [3.8, 4) is 11.8 Å². The molecule has 74 valence electrons. The maximum Gasteiger partial charge on any atom is 0.181 e. The van der Waals surface area contributed by atoms with Gasteiger partial charge in [-0.15, -0.1) is 0 Å². The van der Waals surface area contributed by atoms with E-state index in [1.54, 1.807) is 19.1 Å². The molecule has 1 rings (SSSR count). The third kappa shape index (κ3) is 2.53. The standard InChI is InChI=1S/C9H8BrClN2O/c1-5(4-12)14-9-7(10)2-6(11)3-8(9)13/h2-3,5H,13H2,1H3. The number of ether oxygens (including phenoxy) is 1. The molecule has 0 amide bonds. The van der Waals surface area contributed by atoms with Crippen molar-refractivity contribution in [3.05, 3.63) is 21.6 Å². The average molecular weight is 276 g/mol. The summed E-state index contributed by atoms with van der Waals surface area (Å²) in [6, 6.07) is 5.19. The van der Waals surface area contributed by atoms with Crippen molar-refractivity contribution in [2.45, 2.75) is 13.0 Å². The molecule has 5 heteroatoms. The lowest BCUT2D eigenvalue weighted by molar-refractivity contribution is 0.276. The third-order valence-electron chi connectivity index (χ3n) is 1.51. The van der Waals surface area contributed by atoms with E-state index in [2.05, 4.69) is 15.9 Å². The molecule has 1 atom stereocenters. The first-order valence-electron chi connectivity index (χ1n) is 3.85. The van der Waals surface area contributed by atoms with Crippen molar-refractivity contribution in [2.24, 2.45) is 0 Å². The van der Waals surface area contributed by atoms with Gasteiger partial charge in [-0.3, -0.25) is 0 Å². The van der Waals surface area contributed by atoms with Crippen molar-refractivity contribution in [3.63, 3.8) is 0 Å². The fourth-order valence-electron chi connectivity index (χ4n) is 0.908. The first-order valence-corrected chi connectivity index (χ1v) is 5.02. The summed E-state index contributed by atoms with van der Waals surface area (Å²) < 4.78 is 5.93.